The van der Waals surface area contributed by atoms with Gasteiger partial charge in [0.15, 0.2) is 5.16 Å². The van der Waals surface area contributed by atoms with Gasteiger partial charge in [-0.2, -0.15) is 0 Å². The molecule has 39 heavy (non-hydrogen) atoms. The maximum absolute atomic E-state index is 12.4. The highest BCUT2D eigenvalue weighted by Crippen LogP contribution is 2.38. The van der Waals surface area contributed by atoms with Crippen molar-refractivity contribution in [1.29, 1.82) is 0 Å². The Morgan fingerprint density at radius 2 is 1.46 bits per heavy atom. The first-order valence-corrected chi connectivity index (χ1v) is 15.0. The van der Waals surface area contributed by atoms with Gasteiger partial charge in [0.2, 0.25) is 5.91 Å². The summed E-state index contributed by atoms with van der Waals surface area (Å²) in [4.78, 5) is 17.6. The van der Waals surface area contributed by atoms with Crippen LogP contribution in [0.1, 0.15) is 53.4 Å². The van der Waals surface area contributed by atoms with Crippen molar-refractivity contribution >= 4 is 17.7 Å². The fourth-order valence-electron chi connectivity index (χ4n) is 5.10. The van der Waals surface area contributed by atoms with Crippen LogP contribution in [0.4, 0.5) is 0 Å². The van der Waals surface area contributed by atoms with Gasteiger partial charge in [0.05, 0.1) is 11.4 Å². The number of thioether (sulfide) groups is 1. The smallest absolute Gasteiger partial charge is 0.220 e. The molecule has 4 nitrogen and oxygen atoms in total. The molecule has 5 heteroatoms. The zero-order chi connectivity index (χ0) is 27.7. The molecule has 0 radical (unpaired) electrons. The van der Waals surface area contributed by atoms with E-state index in [0.717, 1.165) is 64.9 Å². The Balaban J connectivity index is 1.46. The average Bonchev–Trinajstić information content (AvgIpc) is 3.30. The standard InChI is InChI=1S/C34H41N3OS/c1-26(25-34(2,3)4)24-30(38)35-22-14-15-23-39-33-36-31(27-16-8-5-9-17-27)32(28-18-10-6-11-19-28)37(33)29-20-12-7-13-21-29/h5-13,16-21,26H,14-15,22-25H2,1-4H3,(H,35,38). The van der Waals surface area contributed by atoms with Crippen molar-refractivity contribution in [1.82, 2.24) is 14.9 Å². The van der Waals surface area contributed by atoms with Crippen LogP contribution in [-0.2, 0) is 4.79 Å². The predicted molar refractivity (Wildman–Crippen MR) is 165 cm³/mol. The van der Waals surface area contributed by atoms with Crippen molar-refractivity contribution in [3.05, 3.63) is 91.0 Å². The second-order valence-electron chi connectivity index (χ2n) is 11.5. The molecular formula is C34H41N3OS. The topological polar surface area (TPSA) is 46.9 Å². The Kier molecular flexibility index (Phi) is 10.0. The lowest BCUT2D eigenvalue weighted by Crippen LogP contribution is -2.27. The van der Waals surface area contributed by atoms with Crippen LogP contribution in [0.5, 0.6) is 0 Å². The van der Waals surface area contributed by atoms with Gasteiger partial charge in [-0.05, 0) is 42.7 Å². The lowest BCUT2D eigenvalue weighted by Gasteiger charge is -2.22. The number of nitrogens with one attached hydrogen (secondary N) is 1. The van der Waals surface area contributed by atoms with E-state index in [1.807, 2.05) is 12.1 Å². The Morgan fingerprint density at radius 3 is 2.08 bits per heavy atom. The zero-order valence-electron chi connectivity index (χ0n) is 23.7. The maximum atomic E-state index is 12.4. The van der Waals surface area contributed by atoms with Gasteiger partial charge < -0.3 is 5.32 Å². The highest BCUT2D eigenvalue weighted by atomic mass is 32.2. The molecular weight excluding hydrogens is 498 g/mol. The van der Waals surface area contributed by atoms with Crippen molar-refractivity contribution in [3.63, 3.8) is 0 Å². The summed E-state index contributed by atoms with van der Waals surface area (Å²) < 4.78 is 2.29. The lowest BCUT2D eigenvalue weighted by atomic mass is 9.84. The predicted octanol–water partition coefficient (Wildman–Crippen LogP) is 8.66. The molecule has 0 bridgehead atoms. The van der Waals surface area contributed by atoms with Crippen molar-refractivity contribution in [2.24, 2.45) is 11.3 Å². The van der Waals surface area contributed by atoms with Gasteiger partial charge in [0.25, 0.3) is 0 Å². The molecule has 1 aromatic heterocycles. The van der Waals surface area contributed by atoms with Crippen LogP contribution >= 0.6 is 11.8 Å². The van der Waals surface area contributed by atoms with Crippen LogP contribution < -0.4 is 5.32 Å². The number of amides is 1. The minimum atomic E-state index is 0.166. The van der Waals surface area contributed by atoms with Crippen LogP contribution in [0.3, 0.4) is 0 Å². The van der Waals surface area contributed by atoms with E-state index in [9.17, 15) is 4.79 Å². The second-order valence-corrected chi connectivity index (χ2v) is 12.5. The summed E-state index contributed by atoms with van der Waals surface area (Å²) in [6.45, 7) is 9.58. The number of para-hydroxylation sites is 1. The van der Waals surface area contributed by atoms with E-state index in [1.54, 1.807) is 11.8 Å². The molecule has 4 aromatic rings. The SMILES string of the molecule is CC(CC(=O)NCCCCSc1nc(-c2ccccc2)c(-c2ccccc2)n1-c1ccccc1)CC(C)(C)C. The maximum Gasteiger partial charge on any atom is 0.220 e. The van der Waals surface area contributed by atoms with Gasteiger partial charge >= 0.3 is 0 Å². The first-order chi connectivity index (χ1) is 18.8. The van der Waals surface area contributed by atoms with Crippen LogP contribution in [0.15, 0.2) is 96.2 Å². The molecule has 0 spiro atoms. The zero-order valence-corrected chi connectivity index (χ0v) is 24.5. The molecule has 1 amide bonds. The molecule has 1 N–H and O–H groups in total. The molecule has 0 aliphatic rings. The summed E-state index contributed by atoms with van der Waals surface area (Å²) in [5.41, 5.74) is 5.70. The molecule has 1 unspecified atom stereocenters. The fourth-order valence-corrected chi connectivity index (χ4v) is 6.11. The highest BCUT2D eigenvalue weighted by Gasteiger charge is 2.21. The van der Waals surface area contributed by atoms with Gasteiger partial charge in [0, 0.05) is 35.5 Å². The van der Waals surface area contributed by atoms with Crippen molar-refractivity contribution in [2.75, 3.05) is 12.3 Å². The molecule has 0 aliphatic heterocycles. The third-order valence-electron chi connectivity index (χ3n) is 6.57. The summed E-state index contributed by atoms with van der Waals surface area (Å²) in [7, 11) is 0. The number of nitrogens with zero attached hydrogens (tertiary/aromatic N) is 2. The van der Waals surface area contributed by atoms with E-state index in [4.69, 9.17) is 4.98 Å². The third kappa shape index (κ3) is 8.34. The number of hydrogen-bond acceptors (Lipinski definition) is 3. The van der Waals surface area contributed by atoms with Crippen LogP contribution in [0.25, 0.3) is 28.2 Å². The van der Waals surface area contributed by atoms with Gasteiger partial charge in [0.1, 0.15) is 0 Å². The number of unbranched alkanes of at least 4 members (excludes halogenated alkanes) is 1. The van der Waals surface area contributed by atoms with Crippen molar-refractivity contribution in [3.8, 4) is 28.2 Å². The van der Waals surface area contributed by atoms with Crippen LogP contribution in [0.2, 0.25) is 0 Å². The third-order valence-corrected chi connectivity index (χ3v) is 7.60. The lowest BCUT2D eigenvalue weighted by molar-refractivity contribution is -0.122. The largest absolute Gasteiger partial charge is 0.356 e. The molecule has 0 fully saturated rings. The van der Waals surface area contributed by atoms with E-state index in [-0.39, 0.29) is 11.3 Å². The Morgan fingerprint density at radius 1 is 0.872 bits per heavy atom. The van der Waals surface area contributed by atoms with Gasteiger partial charge in [-0.15, -0.1) is 0 Å². The number of carbonyl (C=O) groups is 1. The number of imidazole rings is 1. The van der Waals surface area contributed by atoms with Crippen molar-refractivity contribution < 1.29 is 4.79 Å². The van der Waals surface area contributed by atoms with Gasteiger partial charge in [-0.1, -0.05) is 118 Å². The normalized spacial score (nSPS) is 12.3. The Bertz CT molecular complexity index is 1310. The average molecular weight is 540 g/mol. The summed E-state index contributed by atoms with van der Waals surface area (Å²) in [5, 5.41) is 4.11. The molecule has 0 aliphatic carbocycles. The first kappa shape index (κ1) is 28.7. The molecule has 204 valence electrons. The Hall–Kier alpha value is -3.31. The molecule has 4 rings (SSSR count). The fraction of sp³-hybridized carbons (Fsp3) is 0.353. The van der Waals surface area contributed by atoms with Gasteiger partial charge in [-0.25, -0.2) is 4.98 Å². The van der Waals surface area contributed by atoms with Crippen molar-refractivity contribution in [2.45, 2.75) is 58.5 Å². The molecule has 0 saturated carbocycles. The van der Waals surface area contributed by atoms with Crippen LogP contribution in [0, 0.1) is 11.3 Å². The monoisotopic (exact) mass is 539 g/mol. The van der Waals surface area contributed by atoms with E-state index >= 15 is 0 Å². The molecule has 3 aromatic carbocycles. The number of benzene rings is 3. The Labute approximate surface area is 238 Å². The van der Waals surface area contributed by atoms with E-state index in [2.05, 4.69) is 116 Å². The number of aromatic nitrogens is 2. The van der Waals surface area contributed by atoms with E-state index in [0.29, 0.717) is 12.3 Å². The minimum Gasteiger partial charge on any atom is -0.356 e. The minimum absolute atomic E-state index is 0.166. The number of hydrogen-bond donors (Lipinski definition) is 1. The van der Waals surface area contributed by atoms with E-state index < -0.39 is 0 Å². The summed E-state index contributed by atoms with van der Waals surface area (Å²) in [6.07, 6.45) is 3.62. The summed E-state index contributed by atoms with van der Waals surface area (Å²) in [6, 6.07) is 31.4. The van der Waals surface area contributed by atoms with Gasteiger partial charge in [-0.3, -0.25) is 9.36 Å². The van der Waals surface area contributed by atoms with Crippen LogP contribution in [-0.4, -0.2) is 27.8 Å². The quantitative estimate of drug-likeness (QED) is 0.145. The van der Waals surface area contributed by atoms with E-state index in [1.165, 1.54) is 0 Å². The number of rotatable bonds is 12. The second kappa shape index (κ2) is 13.7. The molecule has 1 heterocycles. The number of carbonyl (C=O) groups excluding carboxylic acids is 1. The highest BCUT2D eigenvalue weighted by molar-refractivity contribution is 7.99. The first-order valence-electron chi connectivity index (χ1n) is 14.0. The summed E-state index contributed by atoms with van der Waals surface area (Å²) in [5.74, 6) is 1.50. The molecule has 1 atom stereocenters. The molecule has 0 saturated heterocycles. The summed E-state index contributed by atoms with van der Waals surface area (Å²) >= 11 is 1.78.